The molecule has 1 atom stereocenters. The highest BCUT2D eigenvalue weighted by Crippen LogP contribution is 2.22. The Balaban J connectivity index is 2.11. The highest BCUT2D eigenvalue weighted by molar-refractivity contribution is 6.33. The maximum atomic E-state index is 13.2. The molecule has 0 aromatic heterocycles. The van der Waals surface area contributed by atoms with Crippen LogP contribution in [0.25, 0.3) is 0 Å². The molecule has 3 N–H and O–H groups in total. The molecule has 2 nitrogen and oxygen atoms in total. The van der Waals surface area contributed by atoms with E-state index < -0.39 is 0 Å². The molecule has 1 unspecified atom stereocenters. The SMILES string of the molecule is NNC(Cc1cccc(F)c1)Cc1cc(Cl)ccc1Cl. The van der Waals surface area contributed by atoms with E-state index in [1.54, 1.807) is 18.2 Å². The van der Waals surface area contributed by atoms with Crippen LogP contribution in [0.15, 0.2) is 42.5 Å². The molecule has 0 radical (unpaired) electrons. The summed E-state index contributed by atoms with van der Waals surface area (Å²) in [6, 6.07) is 11.7. The zero-order valence-electron chi connectivity index (χ0n) is 10.7. The van der Waals surface area contributed by atoms with E-state index >= 15 is 0 Å². The number of nitrogens with two attached hydrogens (primary N) is 1. The van der Waals surface area contributed by atoms with Crippen molar-refractivity contribution < 1.29 is 4.39 Å². The van der Waals surface area contributed by atoms with Crippen molar-refractivity contribution in [3.63, 3.8) is 0 Å². The molecule has 0 spiro atoms. The van der Waals surface area contributed by atoms with Gasteiger partial charge in [0, 0.05) is 16.1 Å². The lowest BCUT2D eigenvalue weighted by atomic mass is 9.99. The summed E-state index contributed by atoms with van der Waals surface area (Å²) in [5, 5.41) is 1.28. The quantitative estimate of drug-likeness (QED) is 0.652. The summed E-state index contributed by atoms with van der Waals surface area (Å²) in [4.78, 5) is 0. The van der Waals surface area contributed by atoms with Crippen LogP contribution in [0.2, 0.25) is 10.0 Å². The lowest BCUT2D eigenvalue weighted by molar-refractivity contribution is 0.520. The molecule has 20 heavy (non-hydrogen) atoms. The first-order valence-corrected chi connectivity index (χ1v) is 6.98. The van der Waals surface area contributed by atoms with Crippen LogP contribution in [-0.4, -0.2) is 6.04 Å². The summed E-state index contributed by atoms with van der Waals surface area (Å²) < 4.78 is 13.2. The fourth-order valence-electron chi connectivity index (χ4n) is 2.10. The van der Waals surface area contributed by atoms with Crippen LogP contribution in [0.3, 0.4) is 0 Å². The minimum atomic E-state index is -0.251. The Labute approximate surface area is 127 Å². The standard InChI is InChI=1S/C15H15Cl2FN2/c16-12-4-5-15(17)11(8-12)9-14(20-19)7-10-2-1-3-13(18)6-10/h1-6,8,14,20H,7,9,19H2. The molecule has 0 saturated carbocycles. The minimum absolute atomic E-state index is 0.0484. The summed E-state index contributed by atoms with van der Waals surface area (Å²) in [7, 11) is 0. The van der Waals surface area contributed by atoms with Gasteiger partial charge in [0.2, 0.25) is 0 Å². The molecule has 2 aromatic carbocycles. The Hall–Kier alpha value is -1.13. The molecule has 0 aliphatic rings. The molecule has 0 saturated heterocycles. The Morgan fingerprint density at radius 1 is 1.10 bits per heavy atom. The van der Waals surface area contributed by atoms with Crippen molar-refractivity contribution in [3.05, 3.63) is 69.5 Å². The van der Waals surface area contributed by atoms with Gasteiger partial charge in [-0.05, 0) is 54.3 Å². The fourth-order valence-corrected chi connectivity index (χ4v) is 2.49. The van der Waals surface area contributed by atoms with Crippen molar-refractivity contribution in [3.8, 4) is 0 Å². The van der Waals surface area contributed by atoms with E-state index in [1.165, 1.54) is 12.1 Å². The van der Waals surface area contributed by atoms with Gasteiger partial charge >= 0.3 is 0 Å². The fraction of sp³-hybridized carbons (Fsp3) is 0.200. The van der Waals surface area contributed by atoms with Crippen LogP contribution in [-0.2, 0) is 12.8 Å². The van der Waals surface area contributed by atoms with Crippen LogP contribution in [0, 0.1) is 5.82 Å². The number of hydrazine groups is 1. The highest BCUT2D eigenvalue weighted by Gasteiger charge is 2.12. The predicted molar refractivity (Wildman–Crippen MR) is 81.4 cm³/mol. The second kappa shape index (κ2) is 7.04. The Kier molecular flexibility index (Phi) is 5.38. The van der Waals surface area contributed by atoms with Crippen molar-refractivity contribution in [1.29, 1.82) is 0 Å². The third-order valence-electron chi connectivity index (χ3n) is 3.08. The van der Waals surface area contributed by atoms with Crippen LogP contribution >= 0.6 is 23.2 Å². The van der Waals surface area contributed by atoms with Crippen molar-refractivity contribution in [2.24, 2.45) is 5.84 Å². The zero-order chi connectivity index (χ0) is 14.5. The van der Waals surface area contributed by atoms with Gasteiger partial charge in [0.15, 0.2) is 0 Å². The summed E-state index contributed by atoms with van der Waals surface area (Å²) >= 11 is 12.1. The zero-order valence-corrected chi connectivity index (χ0v) is 12.3. The van der Waals surface area contributed by atoms with Crippen molar-refractivity contribution in [2.75, 3.05) is 0 Å². The van der Waals surface area contributed by atoms with E-state index in [-0.39, 0.29) is 11.9 Å². The average molecular weight is 313 g/mol. The van der Waals surface area contributed by atoms with E-state index in [0.29, 0.717) is 22.9 Å². The van der Waals surface area contributed by atoms with Crippen molar-refractivity contribution >= 4 is 23.2 Å². The van der Waals surface area contributed by atoms with Gasteiger partial charge in [0.25, 0.3) is 0 Å². The predicted octanol–water partition coefficient (Wildman–Crippen LogP) is 3.75. The number of hydrogen-bond donors (Lipinski definition) is 2. The van der Waals surface area contributed by atoms with Gasteiger partial charge in [-0.3, -0.25) is 11.3 Å². The maximum Gasteiger partial charge on any atom is 0.123 e. The Morgan fingerprint density at radius 2 is 1.90 bits per heavy atom. The lowest BCUT2D eigenvalue weighted by Crippen LogP contribution is -2.38. The second-order valence-corrected chi connectivity index (χ2v) is 5.48. The summed E-state index contributed by atoms with van der Waals surface area (Å²) in [5.41, 5.74) is 4.54. The number of benzene rings is 2. The first-order valence-electron chi connectivity index (χ1n) is 6.23. The molecule has 0 aliphatic carbocycles. The van der Waals surface area contributed by atoms with E-state index in [9.17, 15) is 4.39 Å². The van der Waals surface area contributed by atoms with Crippen LogP contribution in [0.1, 0.15) is 11.1 Å². The van der Waals surface area contributed by atoms with Gasteiger partial charge in [0.1, 0.15) is 5.82 Å². The highest BCUT2D eigenvalue weighted by atomic mass is 35.5. The molecule has 2 rings (SSSR count). The molecular weight excluding hydrogens is 298 g/mol. The third-order valence-corrected chi connectivity index (χ3v) is 3.68. The van der Waals surface area contributed by atoms with Gasteiger partial charge < -0.3 is 0 Å². The van der Waals surface area contributed by atoms with Gasteiger partial charge in [-0.1, -0.05) is 35.3 Å². The number of rotatable bonds is 5. The second-order valence-electron chi connectivity index (χ2n) is 4.64. The molecule has 2 aromatic rings. The molecular formula is C15H15Cl2FN2. The van der Waals surface area contributed by atoms with Gasteiger partial charge in [0.05, 0.1) is 0 Å². The van der Waals surface area contributed by atoms with E-state index in [1.807, 2.05) is 12.1 Å². The first kappa shape index (κ1) is 15.3. The monoisotopic (exact) mass is 312 g/mol. The van der Waals surface area contributed by atoms with Crippen LogP contribution in [0.5, 0.6) is 0 Å². The smallest absolute Gasteiger partial charge is 0.123 e. The number of nitrogens with one attached hydrogen (secondary N) is 1. The molecule has 0 aliphatic heterocycles. The maximum absolute atomic E-state index is 13.2. The average Bonchev–Trinajstić information content (AvgIpc) is 2.42. The molecule has 0 amide bonds. The van der Waals surface area contributed by atoms with Crippen LogP contribution < -0.4 is 11.3 Å². The molecule has 0 fully saturated rings. The van der Waals surface area contributed by atoms with E-state index in [0.717, 1.165) is 11.1 Å². The van der Waals surface area contributed by atoms with Crippen molar-refractivity contribution in [2.45, 2.75) is 18.9 Å². The lowest BCUT2D eigenvalue weighted by Gasteiger charge is -2.17. The Morgan fingerprint density at radius 3 is 2.60 bits per heavy atom. The largest absolute Gasteiger partial charge is 0.271 e. The van der Waals surface area contributed by atoms with Gasteiger partial charge in [-0.15, -0.1) is 0 Å². The molecule has 106 valence electrons. The minimum Gasteiger partial charge on any atom is -0.271 e. The van der Waals surface area contributed by atoms with E-state index in [2.05, 4.69) is 5.43 Å². The first-order chi connectivity index (χ1) is 9.58. The molecule has 0 bridgehead atoms. The molecule has 5 heteroatoms. The summed E-state index contributed by atoms with van der Waals surface area (Å²) in [6.07, 6.45) is 1.23. The Bertz CT molecular complexity index is 590. The van der Waals surface area contributed by atoms with Crippen LogP contribution in [0.4, 0.5) is 4.39 Å². The normalized spacial score (nSPS) is 12.4. The number of hydrogen-bond acceptors (Lipinski definition) is 2. The van der Waals surface area contributed by atoms with Gasteiger partial charge in [-0.2, -0.15) is 0 Å². The topological polar surface area (TPSA) is 38.0 Å². The molecule has 0 heterocycles. The van der Waals surface area contributed by atoms with E-state index in [4.69, 9.17) is 29.0 Å². The van der Waals surface area contributed by atoms with Crippen molar-refractivity contribution in [1.82, 2.24) is 5.43 Å². The van der Waals surface area contributed by atoms with Gasteiger partial charge in [-0.25, -0.2) is 4.39 Å². The summed E-state index contributed by atoms with van der Waals surface area (Å²) in [5.74, 6) is 5.32. The number of halogens is 3. The third kappa shape index (κ3) is 4.18. The summed E-state index contributed by atoms with van der Waals surface area (Å²) in [6.45, 7) is 0.